The van der Waals surface area contributed by atoms with Gasteiger partial charge in [0.2, 0.25) is 5.91 Å². The van der Waals surface area contributed by atoms with Crippen molar-refractivity contribution in [3.63, 3.8) is 0 Å². The number of nitrogens with one attached hydrogen (secondary N) is 3. The summed E-state index contributed by atoms with van der Waals surface area (Å²) < 4.78 is 21.1. The van der Waals surface area contributed by atoms with E-state index in [0.717, 1.165) is 4.57 Å². The second kappa shape index (κ2) is 10.6. The van der Waals surface area contributed by atoms with Gasteiger partial charge in [-0.15, -0.1) is 11.8 Å². The summed E-state index contributed by atoms with van der Waals surface area (Å²) in [6.07, 6.45) is 1.58. The van der Waals surface area contributed by atoms with Gasteiger partial charge in [-0.3, -0.25) is 23.7 Å². The molecule has 0 saturated carbocycles. The van der Waals surface area contributed by atoms with Crippen LogP contribution in [-0.2, 0) is 24.9 Å². The normalized spacial score (nSPS) is 15.8. The molecule has 1 aliphatic rings. The highest BCUT2D eigenvalue weighted by molar-refractivity contribution is 8.02. The minimum atomic E-state index is -0.715. The van der Waals surface area contributed by atoms with Crippen LogP contribution in [-0.4, -0.2) is 31.2 Å². The van der Waals surface area contributed by atoms with E-state index in [2.05, 4.69) is 26.1 Å². The van der Waals surface area contributed by atoms with Gasteiger partial charge in [0.05, 0.1) is 23.8 Å². The average Bonchev–Trinajstić information content (AvgIpc) is 3.50. The lowest BCUT2D eigenvalue weighted by Crippen LogP contribution is -2.46. The number of nitrogens with zero attached hydrogens (tertiary/aromatic N) is 4. The maximum Gasteiger partial charge on any atom is 0.332 e. The Morgan fingerprint density at radius 3 is 2.78 bits per heavy atom. The van der Waals surface area contributed by atoms with Crippen molar-refractivity contribution in [1.29, 1.82) is 0 Å². The summed E-state index contributed by atoms with van der Waals surface area (Å²) in [5.41, 5.74) is 6.40. The fourth-order valence-corrected chi connectivity index (χ4v) is 4.51. The van der Waals surface area contributed by atoms with E-state index in [4.69, 9.17) is 10.3 Å². The fourth-order valence-electron chi connectivity index (χ4n) is 3.63. The molecule has 196 valence electrons. The molecule has 12 nitrogen and oxygen atoms in total. The number of carbonyl (C=O) groups is 1. The van der Waals surface area contributed by atoms with Crippen molar-refractivity contribution in [3.8, 4) is 0 Å². The van der Waals surface area contributed by atoms with Crippen molar-refractivity contribution >= 4 is 23.5 Å². The zero-order chi connectivity index (χ0) is 26.9. The van der Waals surface area contributed by atoms with Gasteiger partial charge in [0.25, 0.3) is 5.56 Å². The van der Waals surface area contributed by atoms with Crippen LogP contribution < -0.4 is 32.9 Å². The van der Waals surface area contributed by atoms with Gasteiger partial charge in [-0.25, -0.2) is 9.18 Å². The fraction of sp³-hybridized carbons (Fsp3) is 0.348. The lowest BCUT2D eigenvalue weighted by atomic mass is 10.2. The summed E-state index contributed by atoms with van der Waals surface area (Å²) in [4.78, 5) is 42.5. The molecule has 0 radical (unpaired) electrons. The average molecular weight is 531 g/mol. The van der Waals surface area contributed by atoms with Crippen LogP contribution in [0.25, 0.3) is 0 Å². The second-order valence-electron chi connectivity index (χ2n) is 8.65. The van der Waals surface area contributed by atoms with Crippen LogP contribution in [0.1, 0.15) is 40.6 Å². The summed E-state index contributed by atoms with van der Waals surface area (Å²) in [5, 5.41) is 14.1. The summed E-state index contributed by atoms with van der Waals surface area (Å²) in [6, 6.07) is 2.32. The van der Waals surface area contributed by atoms with Gasteiger partial charge < -0.3 is 26.2 Å². The topological polar surface area (TPSA) is 162 Å². The van der Waals surface area contributed by atoms with Gasteiger partial charge in [-0.05, 0) is 26.8 Å². The smallest absolute Gasteiger partial charge is 0.332 e. The molecule has 0 aliphatic carbocycles. The lowest BCUT2D eigenvalue weighted by Gasteiger charge is -2.18. The van der Waals surface area contributed by atoms with Crippen LogP contribution in [0.4, 0.5) is 10.2 Å². The van der Waals surface area contributed by atoms with Crippen LogP contribution in [0, 0.1) is 19.7 Å². The number of carbonyl (C=O) groups excluding carboxylic acids is 1. The van der Waals surface area contributed by atoms with Crippen molar-refractivity contribution < 1.29 is 13.7 Å². The maximum absolute atomic E-state index is 13.9. The largest absolute Gasteiger partial charge is 0.385 e. The van der Waals surface area contributed by atoms with Gasteiger partial charge in [0.15, 0.2) is 0 Å². The third-order valence-corrected chi connectivity index (χ3v) is 6.92. The van der Waals surface area contributed by atoms with Crippen molar-refractivity contribution in [2.24, 2.45) is 7.05 Å². The number of aromatic nitrogens is 4. The van der Waals surface area contributed by atoms with Crippen molar-refractivity contribution in [2.45, 2.75) is 45.3 Å². The SMILES string of the molecule is Cc1cc(Cn2c(=O)c(CN[C@@H](C)C(=O)NC3=CSC(c4cnc(C)c(F)c4)N3)c(N)n(C)c2=O)no1. The predicted molar refractivity (Wildman–Crippen MR) is 136 cm³/mol. The zero-order valence-electron chi connectivity index (χ0n) is 20.7. The highest BCUT2D eigenvalue weighted by atomic mass is 32.2. The number of aryl methyl sites for hydroxylation is 2. The molecule has 0 bridgehead atoms. The first-order valence-electron chi connectivity index (χ1n) is 11.3. The Bertz CT molecular complexity index is 1490. The van der Waals surface area contributed by atoms with Gasteiger partial charge in [0, 0.05) is 36.8 Å². The van der Waals surface area contributed by atoms with Crippen LogP contribution in [0.3, 0.4) is 0 Å². The molecule has 14 heteroatoms. The number of nitrogen functional groups attached to an aromatic ring is 1. The summed E-state index contributed by atoms with van der Waals surface area (Å²) in [6.45, 7) is 4.79. The number of halogens is 1. The standard InChI is InChI=1S/C23H27FN8O4S/c1-11-5-15(30-36-11)9-32-22(34)16(19(25)31(4)23(32)35)8-27-13(3)20(33)28-18-10-37-21(29-18)14-6-17(24)12(2)26-7-14/h5-7,10,13,21,27,29H,8-9,25H2,1-4H3,(H,28,33)/t13-,21?/m0/s1. The number of pyridine rings is 1. The maximum atomic E-state index is 13.9. The van der Waals surface area contributed by atoms with Crippen LogP contribution in [0.2, 0.25) is 0 Å². The van der Waals surface area contributed by atoms with Crippen molar-refractivity contribution in [2.75, 3.05) is 5.73 Å². The third kappa shape index (κ3) is 5.59. The van der Waals surface area contributed by atoms with E-state index in [-0.39, 0.29) is 35.8 Å². The van der Waals surface area contributed by atoms with E-state index in [1.807, 2.05) is 0 Å². The first-order valence-corrected chi connectivity index (χ1v) is 12.3. The molecule has 1 unspecified atom stereocenters. The van der Waals surface area contributed by atoms with Crippen LogP contribution >= 0.6 is 11.8 Å². The van der Waals surface area contributed by atoms with Crippen LogP contribution in [0.5, 0.6) is 0 Å². The molecule has 4 rings (SSSR count). The number of rotatable bonds is 8. The Labute approximate surface area is 215 Å². The number of anilines is 1. The molecule has 37 heavy (non-hydrogen) atoms. The Kier molecular flexibility index (Phi) is 7.50. The van der Waals surface area contributed by atoms with Gasteiger partial charge in [-0.2, -0.15) is 0 Å². The van der Waals surface area contributed by atoms with Crippen molar-refractivity contribution in [3.05, 3.63) is 84.5 Å². The third-order valence-electron chi connectivity index (χ3n) is 5.88. The number of hydrogen-bond donors (Lipinski definition) is 4. The second-order valence-corrected chi connectivity index (χ2v) is 9.62. The number of hydrogen-bond acceptors (Lipinski definition) is 10. The summed E-state index contributed by atoms with van der Waals surface area (Å²) >= 11 is 1.37. The van der Waals surface area contributed by atoms with Gasteiger partial charge >= 0.3 is 5.69 Å². The Hall–Kier alpha value is -3.91. The molecule has 3 aromatic rings. The zero-order valence-corrected chi connectivity index (χ0v) is 21.5. The van der Waals surface area contributed by atoms with Crippen LogP contribution in [0.15, 0.2) is 43.7 Å². The molecule has 0 spiro atoms. The number of thioether (sulfide) groups is 1. The quantitative estimate of drug-likeness (QED) is 0.327. The minimum absolute atomic E-state index is 0.000964. The molecule has 0 fully saturated rings. The van der Waals surface area contributed by atoms with E-state index >= 15 is 0 Å². The van der Waals surface area contributed by atoms with E-state index < -0.39 is 23.1 Å². The van der Waals surface area contributed by atoms with Crippen molar-refractivity contribution in [1.82, 2.24) is 35.2 Å². The monoisotopic (exact) mass is 530 g/mol. The molecule has 1 aliphatic heterocycles. The van der Waals surface area contributed by atoms with E-state index in [1.54, 1.807) is 38.4 Å². The number of nitrogens with two attached hydrogens (primary N) is 1. The molecule has 5 N–H and O–H groups in total. The molecule has 0 saturated heterocycles. The summed E-state index contributed by atoms with van der Waals surface area (Å²) in [7, 11) is 1.46. The first-order chi connectivity index (χ1) is 17.5. The minimum Gasteiger partial charge on any atom is -0.385 e. The first kappa shape index (κ1) is 26.2. The highest BCUT2D eigenvalue weighted by Gasteiger charge is 2.23. The van der Waals surface area contributed by atoms with E-state index in [9.17, 15) is 18.8 Å². The Balaban J connectivity index is 1.40. The van der Waals surface area contributed by atoms with Gasteiger partial charge in [-0.1, -0.05) is 5.16 Å². The number of amides is 1. The molecule has 2 atom stereocenters. The Morgan fingerprint density at radius 2 is 2.11 bits per heavy atom. The van der Waals surface area contributed by atoms with Gasteiger partial charge in [0.1, 0.15) is 34.3 Å². The molecule has 4 heterocycles. The summed E-state index contributed by atoms with van der Waals surface area (Å²) in [5.74, 6) is 0.247. The molecule has 3 aromatic heterocycles. The molecule has 1 amide bonds. The predicted octanol–water partition coefficient (Wildman–Crippen LogP) is 0.745. The molecular weight excluding hydrogens is 503 g/mol. The van der Waals surface area contributed by atoms with E-state index in [0.29, 0.717) is 28.5 Å². The highest BCUT2D eigenvalue weighted by Crippen LogP contribution is 2.33. The van der Waals surface area contributed by atoms with E-state index in [1.165, 1.54) is 29.4 Å². The molecule has 0 aromatic carbocycles. The Morgan fingerprint density at radius 1 is 1.35 bits per heavy atom. The lowest BCUT2D eigenvalue weighted by molar-refractivity contribution is -0.122. The molecular formula is C23H27FN8O4S.